The van der Waals surface area contributed by atoms with E-state index in [9.17, 15) is 0 Å². The van der Waals surface area contributed by atoms with E-state index in [4.69, 9.17) is 4.74 Å². The van der Waals surface area contributed by atoms with Crippen LogP contribution in [0.15, 0.2) is 0 Å². The van der Waals surface area contributed by atoms with Crippen LogP contribution in [-0.4, -0.2) is 43.1 Å². The fraction of sp³-hybridized carbons (Fsp3) is 1.00. The Labute approximate surface area is 76.3 Å². The van der Waals surface area contributed by atoms with Gasteiger partial charge in [0.2, 0.25) is 0 Å². The standard InChI is InChI=1S/C6H14INOS/c1-10(2,7)8-3-5-9-6-4-8/h3-6H2,1-2H3. The molecule has 0 saturated carbocycles. The third kappa shape index (κ3) is 2.56. The van der Waals surface area contributed by atoms with Gasteiger partial charge in [-0.05, 0) is 33.7 Å². The van der Waals surface area contributed by atoms with Crippen molar-refractivity contribution in [2.24, 2.45) is 0 Å². The summed E-state index contributed by atoms with van der Waals surface area (Å²) in [6.07, 6.45) is 4.64. The van der Waals surface area contributed by atoms with E-state index in [1.165, 1.54) is 0 Å². The van der Waals surface area contributed by atoms with Gasteiger partial charge in [-0.3, -0.25) is 4.31 Å². The SMILES string of the molecule is CS(C)(I)N1CCOCC1. The van der Waals surface area contributed by atoms with Gasteiger partial charge in [0, 0.05) is 13.1 Å². The van der Waals surface area contributed by atoms with Crippen molar-refractivity contribution in [2.75, 3.05) is 38.8 Å². The van der Waals surface area contributed by atoms with E-state index < -0.39 is 7.39 Å². The Morgan fingerprint density at radius 3 is 2.10 bits per heavy atom. The predicted molar refractivity (Wildman–Crippen MR) is 55.9 cm³/mol. The first-order valence-electron chi connectivity index (χ1n) is 3.36. The number of hydrogen-bond acceptors (Lipinski definition) is 2. The minimum atomic E-state index is -0.503. The second kappa shape index (κ2) is 3.60. The van der Waals surface area contributed by atoms with Crippen LogP contribution in [0.2, 0.25) is 0 Å². The van der Waals surface area contributed by atoms with Crippen LogP contribution in [-0.2, 0) is 4.74 Å². The maximum atomic E-state index is 5.26. The fourth-order valence-electron chi connectivity index (χ4n) is 0.981. The fourth-order valence-corrected chi connectivity index (χ4v) is 3.18. The third-order valence-electron chi connectivity index (χ3n) is 1.58. The van der Waals surface area contributed by atoms with Crippen LogP contribution < -0.4 is 0 Å². The van der Waals surface area contributed by atoms with Crippen LogP contribution in [0, 0.1) is 0 Å². The smallest absolute Gasteiger partial charge is 0.0603 e. The Kier molecular flexibility index (Phi) is 3.27. The van der Waals surface area contributed by atoms with Gasteiger partial charge >= 0.3 is 0 Å². The van der Waals surface area contributed by atoms with Gasteiger partial charge in [0.25, 0.3) is 0 Å². The van der Waals surface area contributed by atoms with Gasteiger partial charge in [-0.15, -0.1) is 7.39 Å². The minimum absolute atomic E-state index is 0.503. The van der Waals surface area contributed by atoms with Crippen LogP contribution in [0.25, 0.3) is 0 Å². The summed E-state index contributed by atoms with van der Waals surface area (Å²) in [6.45, 7) is 4.06. The van der Waals surface area contributed by atoms with Gasteiger partial charge in [0.15, 0.2) is 0 Å². The lowest BCUT2D eigenvalue weighted by molar-refractivity contribution is 0.0766. The largest absolute Gasteiger partial charge is 0.379 e. The number of halogens is 1. The molecule has 1 rings (SSSR count). The highest BCUT2D eigenvalue weighted by Gasteiger charge is 2.20. The Hall–Kier alpha value is 1.00. The molecule has 0 spiro atoms. The minimum Gasteiger partial charge on any atom is -0.379 e. The van der Waals surface area contributed by atoms with Crippen molar-refractivity contribution in [1.82, 2.24) is 4.31 Å². The van der Waals surface area contributed by atoms with Crippen LogP contribution in [0.1, 0.15) is 0 Å². The summed E-state index contributed by atoms with van der Waals surface area (Å²) >= 11 is 2.55. The van der Waals surface area contributed by atoms with Crippen LogP contribution in [0.5, 0.6) is 0 Å². The Bertz CT molecular complexity index is 109. The van der Waals surface area contributed by atoms with Crippen LogP contribution in [0.3, 0.4) is 0 Å². The van der Waals surface area contributed by atoms with Gasteiger partial charge in [0.1, 0.15) is 0 Å². The molecule has 1 aliphatic rings. The molecule has 0 atom stereocenters. The average molecular weight is 275 g/mol. The quantitative estimate of drug-likeness (QED) is 0.675. The average Bonchev–Trinajstić information content (AvgIpc) is 1.88. The van der Waals surface area contributed by atoms with Crippen molar-refractivity contribution in [3.63, 3.8) is 0 Å². The van der Waals surface area contributed by atoms with Gasteiger partial charge in [0.05, 0.1) is 13.2 Å². The van der Waals surface area contributed by atoms with Crippen molar-refractivity contribution in [2.45, 2.75) is 0 Å². The number of morpholine rings is 1. The van der Waals surface area contributed by atoms with Crippen molar-refractivity contribution in [3.05, 3.63) is 0 Å². The maximum absolute atomic E-state index is 5.26. The lowest BCUT2D eigenvalue weighted by Crippen LogP contribution is -2.35. The Morgan fingerprint density at radius 1 is 1.30 bits per heavy atom. The summed E-state index contributed by atoms with van der Waals surface area (Å²) in [7, 11) is -0.503. The summed E-state index contributed by atoms with van der Waals surface area (Å²) < 4.78 is 7.79. The first kappa shape index (κ1) is 9.09. The first-order chi connectivity index (χ1) is 4.61. The molecular formula is C6H14INOS. The zero-order valence-corrected chi connectivity index (χ0v) is 9.44. The summed E-state index contributed by atoms with van der Waals surface area (Å²) in [5.41, 5.74) is 0. The Morgan fingerprint density at radius 2 is 1.80 bits per heavy atom. The molecule has 0 aromatic carbocycles. The van der Waals surface area contributed by atoms with Gasteiger partial charge in [-0.25, -0.2) is 0 Å². The highest BCUT2D eigenvalue weighted by Crippen LogP contribution is 2.52. The molecule has 2 nitrogen and oxygen atoms in total. The summed E-state index contributed by atoms with van der Waals surface area (Å²) in [4.78, 5) is 0. The zero-order chi connectivity index (χ0) is 7.61. The third-order valence-corrected chi connectivity index (χ3v) is 4.85. The summed E-state index contributed by atoms with van der Waals surface area (Å²) in [5.74, 6) is 0. The summed E-state index contributed by atoms with van der Waals surface area (Å²) in [5, 5.41) is 0. The van der Waals surface area contributed by atoms with Crippen molar-refractivity contribution in [3.8, 4) is 0 Å². The van der Waals surface area contributed by atoms with E-state index in [2.05, 4.69) is 38.0 Å². The van der Waals surface area contributed by atoms with E-state index >= 15 is 0 Å². The van der Waals surface area contributed by atoms with Gasteiger partial charge in [-0.2, -0.15) is 0 Å². The van der Waals surface area contributed by atoms with Crippen LogP contribution in [0.4, 0.5) is 0 Å². The first-order valence-corrected chi connectivity index (χ1v) is 8.31. The molecule has 1 saturated heterocycles. The zero-order valence-electron chi connectivity index (χ0n) is 6.47. The highest BCUT2D eigenvalue weighted by atomic mass is 127. The molecule has 0 aliphatic carbocycles. The van der Waals surface area contributed by atoms with Crippen LogP contribution >= 0.6 is 28.6 Å². The molecule has 0 aromatic heterocycles. The molecule has 0 radical (unpaired) electrons. The molecule has 0 aromatic rings. The maximum Gasteiger partial charge on any atom is 0.0603 e. The monoisotopic (exact) mass is 275 g/mol. The molecule has 4 heteroatoms. The lowest BCUT2D eigenvalue weighted by atomic mass is 10.5. The molecule has 0 N–H and O–H groups in total. The van der Waals surface area contributed by atoms with Gasteiger partial charge in [-0.1, -0.05) is 0 Å². The molecule has 1 fully saturated rings. The topological polar surface area (TPSA) is 12.5 Å². The predicted octanol–water partition coefficient (Wildman–Crippen LogP) is 1.65. The number of rotatable bonds is 1. The van der Waals surface area contributed by atoms with Crippen molar-refractivity contribution < 1.29 is 4.74 Å². The van der Waals surface area contributed by atoms with E-state index in [1.807, 2.05) is 0 Å². The molecule has 10 heavy (non-hydrogen) atoms. The highest BCUT2D eigenvalue weighted by molar-refractivity contribution is 14.2. The van der Waals surface area contributed by atoms with Gasteiger partial charge < -0.3 is 4.74 Å². The van der Waals surface area contributed by atoms with Crippen molar-refractivity contribution >= 4 is 28.6 Å². The molecule has 0 bridgehead atoms. The molecule has 62 valence electrons. The van der Waals surface area contributed by atoms with E-state index in [-0.39, 0.29) is 0 Å². The number of hydrogen-bond donors (Lipinski definition) is 0. The van der Waals surface area contributed by atoms with E-state index in [0.717, 1.165) is 26.3 Å². The molecule has 0 unspecified atom stereocenters. The second-order valence-electron chi connectivity index (χ2n) is 2.69. The molecule has 1 heterocycles. The van der Waals surface area contributed by atoms with E-state index in [0.29, 0.717) is 0 Å². The van der Waals surface area contributed by atoms with E-state index in [1.54, 1.807) is 0 Å². The normalized spacial score (nSPS) is 24.7. The summed E-state index contributed by atoms with van der Waals surface area (Å²) in [6, 6.07) is 0. The second-order valence-corrected chi connectivity index (χ2v) is 12.0. The Balaban J connectivity index is 2.39. The number of ether oxygens (including phenoxy) is 1. The molecule has 1 aliphatic heterocycles. The molecular weight excluding hydrogens is 261 g/mol. The van der Waals surface area contributed by atoms with Crippen molar-refractivity contribution in [1.29, 1.82) is 0 Å². The molecule has 0 amide bonds. The number of nitrogens with zero attached hydrogens (tertiary/aromatic N) is 1. The lowest BCUT2D eigenvalue weighted by Gasteiger charge is -2.40.